The zero-order chi connectivity index (χ0) is 23.3. The second kappa shape index (κ2) is 9.83. The van der Waals surface area contributed by atoms with Crippen molar-refractivity contribution < 1.29 is 9.53 Å². The van der Waals surface area contributed by atoms with Crippen LogP contribution < -0.4 is 9.64 Å². The summed E-state index contributed by atoms with van der Waals surface area (Å²) in [6.45, 7) is 2.98. The van der Waals surface area contributed by atoms with Gasteiger partial charge in [-0.2, -0.15) is 0 Å². The van der Waals surface area contributed by atoms with Crippen molar-refractivity contribution in [1.29, 1.82) is 0 Å². The van der Waals surface area contributed by atoms with Crippen molar-refractivity contribution in [3.05, 3.63) is 97.0 Å². The Morgan fingerprint density at radius 2 is 1.62 bits per heavy atom. The van der Waals surface area contributed by atoms with Gasteiger partial charge in [-0.1, -0.05) is 36.4 Å². The van der Waals surface area contributed by atoms with Crippen LogP contribution in [0.3, 0.4) is 0 Å². The number of nitrogens with zero attached hydrogens (tertiary/aromatic N) is 4. The summed E-state index contributed by atoms with van der Waals surface area (Å²) in [5.74, 6) is 1.94. The molecule has 1 fully saturated rings. The predicted octanol–water partition coefficient (Wildman–Crippen LogP) is 4.44. The van der Waals surface area contributed by atoms with Gasteiger partial charge in [0.25, 0.3) is 0 Å². The van der Waals surface area contributed by atoms with Gasteiger partial charge in [0.2, 0.25) is 5.91 Å². The molecule has 2 aromatic carbocycles. The van der Waals surface area contributed by atoms with Crippen molar-refractivity contribution in [2.45, 2.75) is 6.42 Å². The first-order valence-electron chi connectivity index (χ1n) is 11.6. The molecule has 172 valence electrons. The third kappa shape index (κ3) is 4.66. The molecule has 6 heteroatoms. The first-order chi connectivity index (χ1) is 16.7. The summed E-state index contributed by atoms with van der Waals surface area (Å²) in [7, 11) is 1.67. The smallest absolute Gasteiger partial charge is 0.228 e. The van der Waals surface area contributed by atoms with E-state index >= 15 is 0 Å². The van der Waals surface area contributed by atoms with Crippen LogP contribution in [0.5, 0.6) is 5.75 Å². The monoisotopic (exact) mass is 452 g/mol. The quantitative estimate of drug-likeness (QED) is 0.434. The van der Waals surface area contributed by atoms with Crippen molar-refractivity contribution >= 4 is 11.7 Å². The molecular weight excluding hydrogens is 424 g/mol. The van der Waals surface area contributed by atoms with Crippen molar-refractivity contribution in [3.8, 4) is 22.6 Å². The lowest BCUT2D eigenvalue weighted by molar-refractivity contribution is -0.130. The highest BCUT2D eigenvalue weighted by molar-refractivity contribution is 5.80. The van der Waals surface area contributed by atoms with Crippen molar-refractivity contribution in [3.63, 3.8) is 0 Å². The Kier molecular flexibility index (Phi) is 6.29. The highest BCUT2D eigenvalue weighted by Gasteiger charge is 2.23. The van der Waals surface area contributed by atoms with Gasteiger partial charge < -0.3 is 19.1 Å². The van der Waals surface area contributed by atoms with E-state index in [-0.39, 0.29) is 5.91 Å². The maximum atomic E-state index is 13.3. The van der Waals surface area contributed by atoms with Crippen LogP contribution >= 0.6 is 0 Å². The van der Waals surface area contributed by atoms with E-state index in [1.807, 2.05) is 71.8 Å². The van der Waals surface area contributed by atoms with Crippen LogP contribution in [0.15, 0.2) is 91.3 Å². The van der Waals surface area contributed by atoms with Crippen LogP contribution in [0.4, 0.5) is 5.82 Å². The van der Waals surface area contributed by atoms with E-state index in [0.29, 0.717) is 19.5 Å². The normalized spacial score (nSPS) is 13.7. The third-order valence-corrected chi connectivity index (χ3v) is 6.30. The molecule has 3 heterocycles. The van der Waals surface area contributed by atoms with Crippen LogP contribution in [0, 0.1) is 0 Å². The van der Waals surface area contributed by atoms with E-state index in [2.05, 4.69) is 38.8 Å². The second-order valence-electron chi connectivity index (χ2n) is 8.39. The number of carbonyl (C=O) groups excluding carboxylic acids is 1. The number of benzene rings is 2. The number of hydrogen-bond acceptors (Lipinski definition) is 4. The molecule has 1 saturated heterocycles. The molecule has 0 radical (unpaired) electrons. The number of ether oxygens (including phenoxy) is 1. The number of amides is 1. The molecule has 5 rings (SSSR count). The maximum absolute atomic E-state index is 13.3. The summed E-state index contributed by atoms with van der Waals surface area (Å²) in [5.41, 5.74) is 4.20. The fourth-order valence-corrected chi connectivity index (χ4v) is 4.41. The van der Waals surface area contributed by atoms with Gasteiger partial charge in [0.05, 0.1) is 13.5 Å². The highest BCUT2D eigenvalue weighted by Crippen LogP contribution is 2.27. The zero-order valence-electron chi connectivity index (χ0n) is 19.3. The number of rotatable bonds is 6. The Bertz CT molecular complexity index is 1230. The lowest BCUT2D eigenvalue weighted by Gasteiger charge is -2.35. The lowest BCUT2D eigenvalue weighted by Crippen LogP contribution is -2.49. The van der Waals surface area contributed by atoms with Gasteiger partial charge in [0.1, 0.15) is 11.6 Å². The molecule has 34 heavy (non-hydrogen) atoms. The Morgan fingerprint density at radius 3 is 2.29 bits per heavy atom. The van der Waals surface area contributed by atoms with Crippen LogP contribution in [-0.4, -0.2) is 53.6 Å². The number of hydrogen-bond donors (Lipinski definition) is 0. The SMILES string of the molecule is COc1ccc(-c2cc(CC(=O)N3CCN(c4ccccn4)CC3)n(-c3ccccc3)c2)cc1. The highest BCUT2D eigenvalue weighted by atomic mass is 16.5. The summed E-state index contributed by atoms with van der Waals surface area (Å²) in [5, 5.41) is 0. The van der Waals surface area contributed by atoms with Gasteiger partial charge in [0, 0.05) is 55.5 Å². The molecule has 0 aliphatic carbocycles. The van der Waals surface area contributed by atoms with E-state index in [9.17, 15) is 4.79 Å². The first kappa shape index (κ1) is 21.8. The van der Waals surface area contributed by atoms with E-state index in [0.717, 1.165) is 47.2 Å². The molecule has 0 unspecified atom stereocenters. The maximum Gasteiger partial charge on any atom is 0.228 e. The minimum Gasteiger partial charge on any atom is -0.497 e. The average Bonchev–Trinajstić information content (AvgIpc) is 3.33. The van der Waals surface area contributed by atoms with E-state index in [4.69, 9.17) is 4.74 Å². The lowest BCUT2D eigenvalue weighted by atomic mass is 10.1. The summed E-state index contributed by atoms with van der Waals surface area (Å²) >= 11 is 0. The molecule has 0 spiro atoms. The average molecular weight is 453 g/mol. The Morgan fingerprint density at radius 1 is 0.882 bits per heavy atom. The summed E-state index contributed by atoms with van der Waals surface area (Å²) < 4.78 is 7.42. The van der Waals surface area contributed by atoms with E-state index < -0.39 is 0 Å². The van der Waals surface area contributed by atoms with Crippen molar-refractivity contribution in [1.82, 2.24) is 14.5 Å². The van der Waals surface area contributed by atoms with Crippen LogP contribution in [-0.2, 0) is 11.2 Å². The van der Waals surface area contributed by atoms with Gasteiger partial charge in [0.15, 0.2) is 0 Å². The minimum absolute atomic E-state index is 0.150. The number of piperazine rings is 1. The molecule has 1 aliphatic rings. The van der Waals surface area contributed by atoms with Gasteiger partial charge in [-0.3, -0.25) is 4.79 Å². The number of aromatic nitrogens is 2. The standard InChI is InChI=1S/C28H28N4O2/c1-34-26-12-10-22(11-13-26)23-19-25(32(21-23)24-7-3-2-4-8-24)20-28(33)31-17-15-30(16-18-31)27-9-5-6-14-29-27/h2-14,19,21H,15-18,20H2,1H3. The zero-order valence-corrected chi connectivity index (χ0v) is 19.3. The molecule has 0 saturated carbocycles. The van der Waals surface area contributed by atoms with Gasteiger partial charge in [-0.15, -0.1) is 0 Å². The third-order valence-electron chi connectivity index (χ3n) is 6.30. The number of pyridine rings is 1. The number of methoxy groups -OCH3 is 1. The fraction of sp³-hybridized carbons (Fsp3) is 0.214. The van der Waals surface area contributed by atoms with Crippen molar-refractivity contribution in [2.24, 2.45) is 0 Å². The number of carbonyl (C=O) groups is 1. The predicted molar refractivity (Wildman–Crippen MR) is 134 cm³/mol. The minimum atomic E-state index is 0.150. The van der Waals surface area contributed by atoms with Crippen LogP contribution in [0.2, 0.25) is 0 Å². The molecule has 0 N–H and O–H groups in total. The summed E-state index contributed by atoms with van der Waals surface area (Å²) in [4.78, 5) is 21.9. The molecule has 0 atom stereocenters. The van der Waals surface area contributed by atoms with Crippen LogP contribution in [0.1, 0.15) is 5.69 Å². The van der Waals surface area contributed by atoms with Gasteiger partial charge >= 0.3 is 0 Å². The molecule has 1 aliphatic heterocycles. The van der Waals surface area contributed by atoms with Crippen molar-refractivity contribution in [2.75, 3.05) is 38.2 Å². The van der Waals surface area contributed by atoms with Gasteiger partial charge in [-0.25, -0.2) is 4.98 Å². The molecule has 2 aromatic heterocycles. The number of para-hydroxylation sites is 1. The number of anilines is 1. The van der Waals surface area contributed by atoms with E-state index in [1.54, 1.807) is 7.11 Å². The van der Waals surface area contributed by atoms with Gasteiger partial charge in [-0.05, 0) is 48.0 Å². The Balaban J connectivity index is 1.35. The Labute approximate surface area is 200 Å². The second-order valence-corrected chi connectivity index (χ2v) is 8.39. The molecule has 1 amide bonds. The topological polar surface area (TPSA) is 50.6 Å². The summed E-state index contributed by atoms with van der Waals surface area (Å²) in [6.07, 6.45) is 4.28. The van der Waals surface area contributed by atoms with E-state index in [1.165, 1.54) is 0 Å². The first-order valence-corrected chi connectivity index (χ1v) is 11.6. The molecular formula is C28H28N4O2. The fourth-order valence-electron chi connectivity index (χ4n) is 4.41. The molecule has 4 aromatic rings. The Hall–Kier alpha value is -4.06. The van der Waals surface area contributed by atoms with Crippen LogP contribution in [0.25, 0.3) is 16.8 Å². The molecule has 6 nitrogen and oxygen atoms in total. The summed E-state index contributed by atoms with van der Waals surface area (Å²) in [6, 6.07) is 26.2. The largest absolute Gasteiger partial charge is 0.497 e. The molecule has 0 bridgehead atoms.